The number of ether oxygens (including phenoxy) is 2. The number of amides is 2. The van der Waals surface area contributed by atoms with Crippen LogP contribution < -0.4 is 15.4 Å². The van der Waals surface area contributed by atoms with Gasteiger partial charge in [-0.1, -0.05) is 130 Å². The summed E-state index contributed by atoms with van der Waals surface area (Å²) in [5, 5.41) is 6.00. The number of carbonyl (C=O) groups excluding carboxylic acids is 2. The van der Waals surface area contributed by atoms with E-state index in [0.29, 0.717) is 30.4 Å². The molecule has 0 aromatic heterocycles. The van der Waals surface area contributed by atoms with Crippen molar-refractivity contribution in [3.05, 3.63) is 114 Å². The van der Waals surface area contributed by atoms with Crippen molar-refractivity contribution < 1.29 is 19.1 Å². The van der Waals surface area contributed by atoms with Crippen LogP contribution in [-0.4, -0.2) is 31.0 Å². The average molecular weight is 582 g/mol. The van der Waals surface area contributed by atoms with E-state index in [1.54, 1.807) is 6.92 Å². The quantitative estimate of drug-likeness (QED) is 0.0973. The predicted octanol–water partition coefficient (Wildman–Crippen LogP) is 7.66. The van der Waals surface area contributed by atoms with Crippen LogP contribution in [0, 0.1) is 0 Å². The molecule has 1 unspecified atom stereocenters. The Labute approximate surface area is 255 Å². The highest BCUT2D eigenvalue weighted by Crippen LogP contribution is 2.38. The van der Waals surface area contributed by atoms with Crippen molar-refractivity contribution in [2.75, 3.05) is 13.2 Å². The van der Waals surface area contributed by atoms with E-state index in [1.165, 1.54) is 25.7 Å². The minimum atomic E-state index is -1.14. The van der Waals surface area contributed by atoms with Gasteiger partial charge in [-0.05, 0) is 25.8 Å². The summed E-state index contributed by atoms with van der Waals surface area (Å²) in [6.07, 6.45) is 9.98. The molecule has 1 heterocycles. The van der Waals surface area contributed by atoms with Crippen LogP contribution in [-0.2, 0) is 15.2 Å². The van der Waals surface area contributed by atoms with Crippen LogP contribution >= 0.6 is 0 Å². The number of hydrogen-bond donors (Lipinski definition) is 2. The molecule has 2 N–H and O–H groups in total. The van der Waals surface area contributed by atoms with Gasteiger partial charge in [0.05, 0.1) is 13.2 Å². The summed E-state index contributed by atoms with van der Waals surface area (Å²) >= 11 is 0. The molecular weight excluding hydrogens is 538 g/mol. The molecular formula is C36H43N3O4. The third-order valence-corrected chi connectivity index (χ3v) is 7.45. The SMILES string of the molecule is C=C(C)C(=O)OCCCCCCCCCCCOc1ccccc1C1(c2ccccc2)N=C(c2ccccc2)NC(=O)N1. The normalized spacial score (nSPS) is 16.0. The minimum absolute atomic E-state index is 0.299. The van der Waals surface area contributed by atoms with E-state index < -0.39 is 5.66 Å². The van der Waals surface area contributed by atoms with E-state index >= 15 is 0 Å². The zero-order valence-electron chi connectivity index (χ0n) is 25.1. The number of aliphatic imine (C=N–C) groups is 1. The van der Waals surface area contributed by atoms with Gasteiger partial charge in [0.2, 0.25) is 0 Å². The second-order valence-corrected chi connectivity index (χ2v) is 10.9. The maximum atomic E-state index is 13.1. The smallest absolute Gasteiger partial charge is 0.333 e. The fraction of sp³-hybridized carbons (Fsp3) is 0.361. The van der Waals surface area contributed by atoms with E-state index in [9.17, 15) is 9.59 Å². The van der Waals surface area contributed by atoms with Crippen molar-refractivity contribution >= 4 is 17.8 Å². The van der Waals surface area contributed by atoms with Crippen LogP contribution in [0.5, 0.6) is 5.75 Å². The molecule has 1 aliphatic heterocycles. The predicted molar refractivity (Wildman–Crippen MR) is 171 cm³/mol. The first kappa shape index (κ1) is 31.5. The van der Waals surface area contributed by atoms with Crippen LogP contribution in [0.4, 0.5) is 4.79 Å². The fourth-order valence-corrected chi connectivity index (χ4v) is 5.16. The number of carbonyl (C=O) groups is 2. The first-order valence-corrected chi connectivity index (χ1v) is 15.3. The Kier molecular flexibility index (Phi) is 12.0. The number of rotatable bonds is 17. The molecule has 0 spiro atoms. The molecule has 7 heteroatoms. The molecule has 226 valence electrons. The lowest BCUT2D eigenvalue weighted by Crippen LogP contribution is -2.56. The van der Waals surface area contributed by atoms with E-state index in [1.807, 2.05) is 84.9 Å². The molecule has 3 aromatic carbocycles. The van der Waals surface area contributed by atoms with Gasteiger partial charge in [-0.3, -0.25) is 5.32 Å². The molecule has 0 saturated heterocycles. The lowest BCUT2D eigenvalue weighted by molar-refractivity contribution is -0.139. The van der Waals surface area contributed by atoms with Gasteiger partial charge in [0.15, 0.2) is 5.66 Å². The number of benzene rings is 3. The molecule has 7 nitrogen and oxygen atoms in total. The number of hydrogen-bond acceptors (Lipinski definition) is 5. The molecule has 0 radical (unpaired) electrons. The monoisotopic (exact) mass is 581 g/mol. The third kappa shape index (κ3) is 9.05. The third-order valence-electron chi connectivity index (χ3n) is 7.45. The van der Waals surface area contributed by atoms with E-state index in [2.05, 4.69) is 17.2 Å². The van der Waals surface area contributed by atoms with Gasteiger partial charge in [0, 0.05) is 22.3 Å². The molecule has 0 bridgehead atoms. The number of unbranched alkanes of at least 4 members (excludes halogenated alkanes) is 8. The van der Waals surface area contributed by atoms with Crippen molar-refractivity contribution in [2.45, 2.75) is 70.4 Å². The second kappa shape index (κ2) is 16.3. The van der Waals surface area contributed by atoms with Gasteiger partial charge in [-0.2, -0.15) is 0 Å². The van der Waals surface area contributed by atoms with Crippen molar-refractivity contribution in [2.24, 2.45) is 4.99 Å². The van der Waals surface area contributed by atoms with Gasteiger partial charge < -0.3 is 14.8 Å². The van der Waals surface area contributed by atoms with E-state index in [-0.39, 0.29) is 12.0 Å². The Bertz CT molecular complexity index is 1370. The Morgan fingerprint density at radius 1 is 0.767 bits per heavy atom. The largest absolute Gasteiger partial charge is 0.493 e. The summed E-state index contributed by atoms with van der Waals surface area (Å²) in [5.74, 6) is 0.916. The molecule has 1 aliphatic rings. The second-order valence-electron chi connectivity index (χ2n) is 10.9. The molecule has 43 heavy (non-hydrogen) atoms. The molecule has 0 fully saturated rings. The first-order valence-electron chi connectivity index (χ1n) is 15.3. The molecule has 3 aromatic rings. The van der Waals surface area contributed by atoms with Crippen LogP contribution in [0.2, 0.25) is 0 Å². The topological polar surface area (TPSA) is 89.0 Å². The molecule has 0 aliphatic carbocycles. The maximum Gasteiger partial charge on any atom is 0.333 e. The zero-order chi connectivity index (χ0) is 30.3. The molecule has 4 rings (SSSR count). The Hall–Kier alpha value is -4.39. The van der Waals surface area contributed by atoms with Crippen molar-refractivity contribution in [3.8, 4) is 5.75 Å². The number of amidine groups is 1. The fourth-order valence-electron chi connectivity index (χ4n) is 5.16. The lowest BCUT2D eigenvalue weighted by Gasteiger charge is -2.37. The van der Waals surface area contributed by atoms with Crippen LogP contribution in [0.3, 0.4) is 0 Å². The lowest BCUT2D eigenvalue weighted by atomic mass is 9.90. The van der Waals surface area contributed by atoms with Gasteiger partial charge >= 0.3 is 12.0 Å². The van der Waals surface area contributed by atoms with Gasteiger partial charge in [-0.15, -0.1) is 0 Å². The number of para-hydroxylation sites is 1. The number of urea groups is 1. The van der Waals surface area contributed by atoms with Gasteiger partial charge in [0.25, 0.3) is 0 Å². The summed E-state index contributed by atoms with van der Waals surface area (Å²) in [6, 6.07) is 27.0. The van der Waals surface area contributed by atoms with Gasteiger partial charge in [0.1, 0.15) is 11.6 Å². The summed E-state index contributed by atoms with van der Waals surface area (Å²) in [5.41, 5.74) is 1.78. The highest BCUT2D eigenvalue weighted by Gasteiger charge is 2.41. The van der Waals surface area contributed by atoms with Crippen LogP contribution in [0.15, 0.2) is 102 Å². The summed E-state index contributed by atoms with van der Waals surface area (Å²) in [4.78, 5) is 29.6. The average Bonchev–Trinajstić information content (AvgIpc) is 3.03. The summed E-state index contributed by atoms with van der Waals surface area (Å²) in [6.45, 7) is 6.33. The van der Waals surface area contributed by atoms with E-state index in [0.717, 1.165) is 48.8 Å². The Balaban J connectivity index is 1.30. The molecule has 1 atom stereocenters. The van der Waals surface area contributed by atoms with Crippen LogP contribution in [0.1, 0.15) is 81.4 Å². The highest BCUT2D eigenvalue weighted by molar-refractivity contribution is 6.09. The van der Waals surface area contributed by atoms with E-state index in [4.69, 9.17) is 14.5 Å². The van der Waals surface area contributed by atoms with Gasteiger partial charge in [-0.25, -0.2) is 14.6 Å². The molecule has 2 amide bonds. The maximum absolute atomic E-state index is 13.1. The van der Waals surface area contributed by atoms with Crippen LogP contribution in [0.25, 0.3) is 0 Å². The number of nitrogens with zero attached hydrogens (tertiary/aromatic N) is 1. The van der Waals surface area contributed by atoms with Crippen molar-refractivity contribution in [1.82, 2.24) is 10.6 Å². The first-order chi connectivity index (χ1) is 21.0. The number of nitrogens with one attached hydrogen (secondary N) is 2. The number of esters is 1. The standard InChI is InChI=1S/C36H43N3O4/c1-28(2)34(40)43-27-19-9-7-5-3-4-6-8-18-26-42-32-25-17-16-24-31(32)36(30-22-14-11-15-23-30)38-33(37-35(41)39-36)29-20-12-10-13-21-29/h10-17,20-25H,1,3-9,18-19,26-27H2,2H3,(H2,37,38,39,41). The molecule has 0 saturated carbocycles. The van der Waals surface area contributed by atoms with Crippen molar-refractivity contribution in [3.63, 3.8) is 0 Å². The summed E-state index contributed by atoms with van der Waals surface area (Å²) < 4.78 is 11.5. The minimum Gasteiger partial charge on any atom is -0.493 e. The highest BCUT2D eigenvalue weighted by atomic mass is 16.5. The Morgan fingerprint density at radius 2 is 1.33 bits per heavy atom. The summed E-state index contributed by atoms with van der Waals surface area (Å²) in [7, 11) is 0. The van der Waals surface area contributed by atoms with Crippen molar-refractivity contribution in [1.29, 1.82) is 0 Å². The Morgan fingerprint density at radius 3 is 1.98 bits per heavy atom. The zero-order valence-corrected chi connectivity index (χ0v) is 25.1.